The SMILES string of the molecule is CC(=O)N[C@@]1(C(=O)N[C@@H](Cc2ccccc2)C(N)=O)CCc2[nH]c3ccccc3c2C1. The molecular weight excluding hydrogens is 392 g/mol. The predicted octanol–water partition coefficient (Wildman–Crippen LogP) is 1.74. The Hall–Kier alpha value is -3.61. The zero-order chi connectivity index (χ0) is 22.0. The minimum absolute atomic E-state index is 0.288. The number of aromatic nitrogens is 1. The molecule has 5 N–H and O–H groups in total. The lowest BCUT2D eigenvalue weighted by Crippen LogP contribution is -2.63. The van der Waals surface area contributed by atoms with Crippen molar-refractivity contribution >= 4 is 28.6 Å². The van der Waals surface area contributed by atoms with Crippen LogP contribution in [-0.2, 0) is 33.6 Å². The number of aryl methyl sites for hydroxylation is 1. The van der Waals surface area contributed by atoms with Crippen molar-refractivity contribution in [1.82, 2.24) is 15.6 Å². The molecule has 1 heterocycles. The number of carbonyl (C=O) groups is 3. The topological polar surface area (TPSA) is 117 Å². The lowest BCUT2D eigenvalue weighted by Gasteiger charge is -2.37. The number of hydrogen-bond acceptors (Lipinski definition) is 3. The van der Waals surface area contributed by atoms with Gasteiger partial charge in [0.15, 0.2) is 0 Å². The van der Waals surface area contributed by atoms with Crippen LogP contribution in [0.2, 0.25) is 0 Å². The first-order chi connectivity index (χ1) is 14.9. The second kappa shape index (κ2) is 8.26. The Kier molecular flexibility index (Phi) is 5.50. The van der Waals surface area contributed by atoms with Crippen LogP contribution < -0.4 is 16.4 Å². The Morgan fingerprint density at radius 1 is 1.10 bits per heavy atom. The molecule has 3 amide bonds. The number of aromatic amines is 1. The lowest BCUT2D eigenvalue weighted by atomic mass is 9.78. The van der Waals surface area contributed by atoms with E-state index in [1.54, 1.807) is 0 Å². The van der Waals surface area contributed by atoms with Crippen molar-refractivity contribution in [3.05, 3.63) is 71.4 Å². The summed E-state index contributed by atoms with van der Waals surface area (Å²) in [5.74, 6) is -1.30. The average molecular weight is 418 g/mol. The Balaban J connectivity index is 1.63. The molecule has 0 radical (unpaired) electrons. The molecule has 31 heavy (non-hydrogen) atoms. The molecule has 160 valence electrons. The Labute approximate surface area is 180 Å². The van der Waals surface area contributed by atoms with Crippen molar-refractivity contribution < 1.29 is 14.4 Å². The van der Waals surface area contributed by atoms with E-state index in [9.17, 15) is 14.4 Å². The third kappa shape index (κ3) is 4.17. The molecule has 1 aliphatic carbocycles. The highest BCUT2D eigenvalue weighted by Crippen LogP contribution is 2.34. The summed E-state index contributed by atoms with van der Waals surface area (Å²) >= 11 is 0. The van der Waals surface area contributed by atoms with Gasteiger partial charge in [0.2, 0.25) is 17.7 Å². The van der Waals surface area contributed by atoms with E-state index >= 15 is 0 Å². The van der Waals surface area contributed by atoms with E-state index in [-0.39, 0.29) is 12.3 Å². The summed E-state index contributed by atoms with van der Waals surface area (Å²) in [6, 6.07) is 16.4. The fourth-order valence-corrected chi connectivity index (χ4v) is 4.46. The maximum Gasteiger partial charge on any atom is 0.246 e. The molecular formula is C24H26N4O3. The van der Waals surface area contributed by atoms with E-state index in [2.05, 4.69) is 15.6 Å². The summed E-state index contributed by atoms with van der Waals surface area (Å²) in [5.41, 5.74) is 8.44. The monoisotopic (exact) mass is 418 g/mol. The van der Waals surface area contributed by atoms with Crippen molar-refractivity contribution in [3.8, 4) is 0 Å². The van der Waals surface area contributed by atoms with Crippen molar-refractivity contribution in [3.63, 3.8) is 0 Å². The number of H-pyrrole nitrogens is 1. The summed E-state index contributed by atoms with van der Waals surface area (Å²) in [6.45, 7) is 1.40. The first-order valence-electron chi connectivity index (χ1n) is 10.4. The van der Waals surface area contributed by atoms with Crippen LogP contribution in [0.15, 0.2) is 54.6 Å². The van der Waals surface area contributed by atoms with Crippen molar-refractivity contribution in [1.29, 1.82) is 0 Å². The number of para-hydroxylation sites is 1. The highest BCUT2D eigenvalue weighted by Gasteiger charge is 2.44. The Bertz CT molecular complexity index is 1140. The smallest absolute Gasteiger partial charge is 0.246 e. The molecule has 0 aliphatic heterocycles. The second-order valence-electron chi connectivity index (χ2n) is 8.19. The third-order valence-electron chi connectivity index (χ3n) is 5.96. The summed E-state index contributed by atoms with van der Waals surface area (Å²) in [6.07, 6.45) is 1.66. The minimum atomic E-state index is -1.14. The summed E-state index contributed by atoms with van der Waals surface area (Å²) in [5, 5.41) is 6.73. The van der Waals surface area contributed by atoms with Crippen LogP contribution in [0.5, 0.6) is 0 Å². The molecule has 0 unspecified atom stereocenters. The molecule has 0 fully saturated rings. The predicted molar refractivity (Wildman–Crippen MR) is 118 cm³/mol. The van der Waals surface area contributed by atoms with E-state index in [0.29, 0.717) is 19.3 Å². The Morgan fingerprint density at radius 2 is 1.81 bits per heavy atom. The van der Waals surface area contributed by atoms with Crippen LogP contribution in [0.25, 0.3) is 10.9 Å². The molecule has 0 saturated heterocycles. The fourth-order valence-electron chi connectivity index (χ4n) is 4.46. The standard InChI is InChI=1S/C24H26N4O3/c1-15(29)28-24(12-11-20-18(14-24)17-9-5-6-10-19(17)26-20)23(31)27-21(22(25)30)13-16-7-3-2-4-8-16/h2-10,21,26H,11-14H2,1H3,(H2,25,30)(H,27,31)(H,28,29)/t21-,24-/m0/s1. The molecule has 3 aromatic rings. The number of fused-ring (bicyclic) bond motifs is 3. The zero-order valence-corrected chi connectivity index (χ0v) is 17.4. The number of amides is 3. The van der Waals surface area contributed by atoms with Crippen LogP contribution in [0.1, 0.15) is 30.2 Å². The van der Waals surface area contributed by atoms with E-state index in [1.165, 1.54) is 6.92 Å². The van der Waals surface area contributed by atoms with Gasteiger partial charge in [0.1, 0.15) is 11.6 Å². The molecule has 4 rings (SSSR count). The van der Waals surface area contributed by atoms with Gasteiger partial charge in [-0.1, -0.05) is 48.5 Å². The van der Waals surface area contributed by atoms with E-state index < -0.39 is 23.4 Å². The van der Waals surface area contributed by atoms with Crippen LogP contribution in [0.4, 0.5) is 0 Å². The third-order valence-corrected chi connectivity index (χ3v) is 5.96. The van der Waals surface area contributed by atoms with Gasteiger partial charge < -0.3 is 21.4 Å². The van der Waals surface area contributed by atoms with Gasteiger partial charge in [-0.15, -0.1) is 0 Å². The molecule has 1 aromatic heterocycles. The van der Waals surface area contributed by atoms with Crippen LogP contribution >= 0.6 is 0 Å². The number of nitrogens with two attached hydrogens (primary N) is 1. The number of hydrogen-bond donors (Lipinski definition) is 4. The lowest BCUT2D eigenvalue weighted by molar-refractivity contribution is -0.135. The van der Waals surface area contributed by atoms with Crippen molar-refractivity contribution in [2.24, 2.45) is 5.73 Å². The average Bonchev–Trinajstić information content (AvgIpc) is 3.11. The summed E-state index contributed by atoms with van der Waals surface area (Å²) in [7, 11) is 0. The number of primary amides is 1. The van der Waals surface area contributed by atoms with Crippen molar-refractivity contribution in [2.45, 2.75) is 44.2 Å². The van der Waals surface area contributed by atoms with Gasteiger partial charge in [0, 0.05) is 36.4 Å². The number of nitrogens with one attached hydrogen (secondary N) is 3. The quantitative estimate of drug-likeness (QED) is 0.488. The number of carbonyl (C=O) groups excluding carboxylic acids is 3. The first-order valence-corrected chi connectivity index (χ1v) is 10.4. The molecule has 7 nitrogen and oxygen atoms in total. The van der Waals surface area contributed by atoms with E-state index in [1.807, 2.05) is 54.6 Å². The van der Waals surface area contributed by atoms with Gasteiger partial charge in [0.05, 0.1) is 0 Å². The number of rotatable bonds is 6. The van der Waals surface area contributed by atoms with Gasteiger partial charge in [-0.2, -0.15) is 0 Å². The normalized spacial score (nSPS) is 18.7. The first kappa shape index (κ1) is 20.7. The molecule has 0 saturated carbocycles. The second-order valence-corrected chi connectivity index (χ2v) is 8.19. The van der Waals surface area contributed by atoms with Crippen LogP contribution in [0, 0.1) is 0 Å². The molecule has 0 bridgehead atoms. The van der Waals surface area contributed by atoms with Crippen LogP contribution in [0.3, 0.4) is 0 Å². The van der Waals surface area contributed by atoms with Gasteiger partial charge in [-0.25, -0.2) is 0 Å². The molecule has 7 heteroatoms. The van der Waals surface area contributed by atoms with E-state index in [0.717, 1.165) is 27.7 Å². The molecule has 0 spiro atoms. The summed E-state index contributed by atoms with van der Waals surface area (Å²) in [4.78, 5) is 41.1. The van der Waals surface area contributed by atoms with Gasteiger partial charge >= 0.3 is 0 Å². The van der Waals surface area contributed by atoms with Gasteiger partial charge in [-0.05, 0) is 30.0 Å². The molecule has 1 aliphatic rings. The maximum atomic E-state index is 13.5. The maximum absolute atomic E-state index is 13.5. The van der Waals surface area contributed by atoms with Gasteiger partial charge in [-0.3, -0.25) is 14.4 Å². The Morgan fingerprint density at radius 3 is 2.52 bits per heavy atom. The van der Waals surface area contributed by atoms with Crippen LogP contribution in [-0.4, -0.2) is 34.3 Å². The minimum Gasteiger partial charge on any atom is -0.368 e. The molecule has 2 aromatic carbocycles. The fraction of sp³-hybridized carbons (Fsp3) is 0.292. The largest absolute Gasteiger partial charge is 0.368 e. The number of benzene rings is 2. The highest BCUT2D eigenvalue weighted by atomic mass is 16.2. The zero-order valence-electron chi connectivity index (χ0n) is 17.4. The van der Waals surface area contributed by atoms with Gasteiger partial charge in [0.25, 0.3) is 0 Å². The van der Waals surface area contributed by atoms with E-state index in [4.69, 9.17) is 5.73 Å². The molecule has 2 atom stereocenters. The van der Waals surface area contributed by atoms with Crippen molar-refractivity contribution in [2.75, 3.05) is 0 Å². The summed E-state index contributed by atoms with van der Waals surface area (Å²) < 4.78 is 0. The highest BCUT2D eigenvalue weighted by molar-refractivity contribution is 5.96.